The molecule has 5 heteroatoms. The molecule has 80 valence electrons. The molecule has 0 unspecified atom stereocenters. The highest BCUT2D eigenvalue weighted by molar-refractivity contribution is 6.09. The van der Waals surface area contributed by atoms with Crippen LogP contribution in [0.15, 0.2) is 30.3 Å². The Morgan fingerprint density at radius 1 is 1.00 bits per heavy atom. The van der Waals surface area contributed by atoms with Gasteiger partial charge in [-0.25, -0.2) is 9.59 Å². The second-order valence-electron chi connectivity index (χ2n) is 2.61. The van der Waals surface area contributed by atoms with E-state index in [0.717, 1.165) is 4.90 Å². The standard InChI is InChI=1S/C10H11NO4/c1-14-9(12)11(10(13)15-2)8-6-4-3-5-7-8/h3-7H,1-2H3. The van der Waals surface area contributed by atoms with Crippen molar-refractivity contribution in [1.29, 1.82) is 0 Å². The Morgan fingerprint density at radius 3 is 1.87 bits per heavy atom. The lowest BCUT2D eigenvalue weighted by Crippen LogP contribution is -2.36. The van der Waals surface area contributed by atoms with Crippen molar-refractivity contribution >= 4 is 17.9 Å². The van der Waals surface area contributed by atoms with E-state index in [-0.39, 0.29) is 0 Å². The van der Waals surface area contributed by atoms with Gasteiger partial charge in [0.25, 0.3) is 0 Å². The van der Waals surface area contributed by atoms with Crippen molar-refractivity contribution < 1.29 is 19.1 Å². The molecule has 0 radical (unpaired) electrons. The number of ether oxygens (including phenoxy) is 2. The van der Waals surface area contributed by atoms with Gasteiger partial charge >= 0.3 is 12.2 Å². The number of methoxy groups -OCH3 is 2. The fourth-order valence-electron chi connectivity index (χ4n) is 1.04. The molecule has 5 nitrogen and oxygen atoms in total. The predicted octanol–water partition coefficient (Wildman–Crippen LogP) is 2.03. The van der Waals surface area contributed by atoms with Gasteiger partial charge in [0.15, 0.2) is 0 Å². The Labute approximate surface area is 87.2 Å². The normalized spacial score (nSPS) is 9.20. The largest absolute Gasteiger partial charge is 0.452 e. The summed E-state index contributed by atoms with van der Waals surface area (Å²) in [4.78, 5) is 23.4. The van der Waals surface area contributed by atoms with Crippen molar-refractivity contribution in [2.45, 2.75) is 0 Å². The summed E-state index contributed by atoms with van der Waals surface area (Å²) in [5.41, 5.74) is 0.399. The number of amides is 2. The molecular weight excluding hydrogens is 198 g/mol. The van der Waals surface area contributed by atoms with Crippen molar-refractivity contribution in [2.75, 3.05) is 19.1 Å². The van der Waals surface area contributed by atoms with E-state index in [2.05, 4.69) is 9.47 Å². The number of anilines is 1. The second-order valence-corrected chi connectivity index (χ2v) is 2.61. The van der Waals surface area contributed by atoms with E-state index in [1.165, 1.54) is 14.2 Å². The summed E-state index contributed by atoms with van der Waals surface area (Å²) < 4.78 is 8.95. The maximum atomic E-state index is 11.3. The molecule has 0 aliphatic carbocycles. The Morgan fingerprint density at radius 2 is 1.47 bits per heavy atom. The number of imide groups is 1. The van der Waals surface area contributed by atoms with Crippen LogP contribution in [0.1, 0.15) is 0 Å². The maximum absolute atomic E-state index is 11.3. The Balaban J connectivity index is 3.02. The Kier molecular flexibility index (Phi) is 3.68. The number of rotatable bonds is 1. The zero-order valence-electron chi connectivity index (χ0n) is 8.47. The molecule has 0 saturated carbocycles. The SMILES string of the molecule is COC(=O)N(C(=O)OC)c1ccccc1. The lowest BCUT2D eigenvalue weighted by Gasteiger charge is -2.17. The number of carbonyl (C=O) groups is 2. The van der Waals surface area contributed by atoms with Crippen LogP contribution in [-0.4, -0.2) is 26.4 Å². The zero-order valence-corrected chi connectivity index (χ0v) is 8.47. The minimum absolute atomic E-state index is 0.399. The molecule has 2 amide bonds. The minimum atomic E-state index is -0.784. The topological polar surface area (TPSA) is 55.8 Å². The van der Waals surface area contributed by atoms with Crippen LogP contribution in [0.25, 0.3) is 0 Å². The first-order chi connectivity index (χ1) is 7.20. The van der Waals surface area contributed by atoms with Gasteiger partial charge in [0, 0.05) is 0 Å². The van der Waals surface area contributed by atoms with Gasteiger partial charge in [0.05, 0.1) is 19.9 Å². The molecule has 0 bridgehead atoms. The van der Waals surface area contributed by atoms with Crippen LogP contribution in [-0.2, 0) is 9.47 Å². The number of para-hydroxylation sites is 1. The van der Waals surface area contributed by atoms with Gasteiger partial charge in [0.1, 0.15) is 0 Å². The van der Waals surface area contributed by atoms with Gasteiger partial charge in [-0.2, -0.15) is 4.90 Å². The van der Waals surface area contributed by atoms with Crippen molar-refractivity contribution in [1.82, 2.24) is 0 Å². The van der Waals surface area contributed by atoms with Crippen LogP contribution in [0.5, 0.6) is 0 Å². The molecule has 0 spiro atoms. The number of carbonyl (C=O) groups excluding carboxylic acids is 2. The van der Waals surface area contributed by atoms with Crippen LogP contribution < -0.4 is 4.90 Å². The molecule has 0 N–H and O–H groups in total. The summed E-state index contributed by atoms with van der Waals surface area (Å²) in [5, 5.41) is 0. The highest BCUT2D eigenvalue weighted by atomic mass is 16.6. The summed E-state index contributed by atoms with van der Waals surface area (Å²) in [6.45, 7) is 0. The molecule has 1 rings (SSSR count). The van der Waals surface area contributed by atoms with Crippen molar-refractivity contribution in [2.24, 2.45) is 0 Å². The Bertz CT molecular complexity index is 334. The van der Waals surface area contributed by atoms with E-state index in [1.807, 2.05) is 0 Å². The summed E-state index contributed by atoms with van der Waals surface area (Å²) in [6, 6.07) is 8.39. The molecule has 1 aromatic rings. The van der Waals surface area contributed by atoms with Gasteiger partial charge in [-0.05, 0) is 12.1 Å². The van der Waals surface area contributed by atoms with Crippen LogP contribution >= 0.6 is 0 Å². The predicted molar refractivity (Wildman–Crippen MR) is 53.7 cm³/mol. The van der Waals surface area contributed by atoms with Gasteiger partial charge in [-0.15, -0.1) is 0 Å². The average Bonchev–Trinajstić information content (AvgIpc) is 2.30. The van der Waals surface area contributed by atoms with Gasteiger partial charge < -0.3 is 9.47 Å². The molecule has 0 heterocycles. The molecule has 0 aromatic heterocycles. The second kappa shape index (κ2) is 4.99. The number of hydrogen-bond acceptors (Lipinski definition) is 4. The molecule has 0 saturated heterocycles. The summed E-state index contributed by atoms with van der Waals surface area (Å²) >= 11 is 0. The molecule has 15 heavy (non-hydrogen) atoms. The molecule has 0 aliphatic heterocycles. The third-order valence-corrected chi connectivity index (χ3v) is 1.73. The fraction of sp³-hybridized carbons (Fsp3) is 0.200. The van der Waals surface area contributed by atoms with Gasteiger partial charge in [-0.1, -0.05) is 18.2 Å². The van der Waals surface area contributed by atoms with Crippen LogP contribution in [0, 0.1) is 0 Å². The average molecular weight is 209 g/mol. The van der Waals surface area contributed by atoms with Crippen molar-refractivity contribution in [3.63, 3.8) is 0 Å². The molecule has 1 aromatic carbocycles. The van der Waals surface area contributed by atoms with Crippen LogP contribution in [0.4, 0.5) is 15.3 Å². The fourth-order valence-corrected chi connectivity index (χ4v) is 1.04. The number of benzene rings is 1. The van der Waals surface area contributed by atoms with E-state index >= 15 is 0 Å². The van der Waals surface area contributed by atoms with E-state index in [4.69, 9.17) is 0 Å². The third kappa shape index (κ3) is 2.46. The number of nitrogens with zero attached hydrogens (tertiary/aromatic N) is 1. The Hall–Kier alpha value is -2.04. The first-order valence-corrected chi connectivity index (χ1v) is 4.21. The quantitative estimate of drug-likeness (QED) is 0.710. The van der Waals surface area contributed by atoms with Crippen molar-refractivity contribution in [3.8, 4) is 0 Å². The lowest BCUT2D eigenvalue weighted by atomic mass is 10.3. The maximum Gasteiger partial charge on any atom is 0.423 e. The van der Waals surface area contributed by atoms with Crippen molar-refractivity contribution in [3.05, 3.63) is 30.3 Å². The summed E-state index contributed by atoms with van der Waals surface area (Å²) in [6.07, 6.45) is -1.57. The van der Waals surface area contributed by atoms with E-state index in [9.17, 15) is 9.59 Å². The highest BCUT2D eigenvalue weighted by Gasteiger charge is 2.24. The first-order valence-electron chi connectivity index (χ1n) is 4.21. The molecular formula is C10H11NO4. The first kappa shape index (κ1) is 11.0. The monoisotopic (exact) mass is 209 g/mol. The third-order valence-electron chi connectivity index (χ3n) is 1.73. The van der Waals surface area contributed by atoms with Gasteiger partial charge in [0.2, 0.25) is 0 Å². The highest BCUT2D eigenvalue weighted by Crippen LogP contribution is 2.15. The van der Waals surface area contributed by atoms with Crippen LogP contribution in [0.3, 0.4) is 0 Å². The summed E-state index contributed by atoms with van der Waals surface area (Å²) in [7, 11) is 2.39. The molecule has 0 fully saturated rings. The van der Waals surface area contributed by atoms with E-state index in [0.29, 0.717) is 5.69 Å². The molecule has 0 atom stereocenters. The minimum Gasteiger partial charge on any atom is -0.452 e. The van der Waals surface area contributed by atoms with E-state index < -0.39 is 12.2 Å². The smallest absolute Gasteiger partial charge is 0.423 e. The lowest BCUT2D eigenvalue weighted by molar-refractivity contribution is 0.159. The summed E-state index contributed by atoms with van der Waals surface area (Å²) in [5.74, 6) is 0. The number of hydrogen-bond donors (Lipinski definition) is 0. The van der Waals surface area contributed by atoms with E-state index in [1.54, 1.807) is 30.3 Å². The zero-order chi connectivity index (χ0) is 11.3. The van der Waals surface area contributed by atoms with Crippen LogP contribution in [0.2, 0.25) is 0 Å². The molecule has 0 aliphatic rings. The van der Waals surface area contributed by atoms with Gasteiger partial charge in [-0.3, -0.25) is 0 Å².